The van der Waals surface area contributed by atoms with Crippen LogP contribution >= 0.6 is 0 Å². The predicted octanol–water partition coefficient (Wildman–Crippen LogP) is 2.18. The molecule has 4 rings (SSSR count). The van der Waals surface area contributed by atoms with Crippen LogP contribution in [-0.2, 0) is 17.8 Å². The van der Waals surface area contributed by atoms with Crippen molar-refractivity contribution in [2.24, 2.45) is 0 Å². The van der Waals surface area contributed by atoms with Gasteiger partial charge in [0, 0.05) is 25.7 Å². The van der Waals surface area contributed by atoms with Gasteiger partial charge in [0.25, 0.3) is 5.91 Å². The summed E-state index contributed by atoms with van der Waals surface area (Å²) in [6.45, 7) is 2.35. The highest BCUT2D eigenvalue weighted by molar-refractivity contribution is 5.93. The number of ether oxygens (including phenoxy) is 1. The van der Waals surface area contributed by atoms with E-state index < -0.39 is 0 Å². The summed E-state index contributed by atoms with van der Waals surface area (Å²) < 4.78 is 11.1. The van der Waals surface area contributed by atoms with Crippen LogP contribution in [0, 0.1) is 0 Å². The zero-order valence-corrected chi connectivity index (χ0v) is 14.9. The number of rotatable bonds is 7. The number of carbonyl (C=O) groups excluding carboxylic acids is 1. The number of nitrogens with one attached hydrogen (secondary N) is 1. The van der Waals surface area contributed by atoms with Crippen molar-refractivity contribution < 1.29 is 14.1 Å². The summed E-state index contributed by atoms with van der Waals surface area (Å²) in [5.74, 6) is 1.28. The van der Waals surface area contributed by atoms with Crippen LogP contribution in [0.2, 0.25) is 0 Å². The number of likely N-dealkylation sites (tertiary alicyclic amines) is 1. The van der Waals surface area contributed by atoms with Gasteiger partial charge in [-0.2, -0.15) is 10.1 Å². The first kappa shape index (κ1) is 17.4. The molecule has 3 aromatic rings. The summed E-state index contributed by atoms with van der Waals surface area (Å²) in [5, 5.41) is 10.5. The van der Waals surface area contributed by atoms with Gasteiger partial charge < -0.3 is 14.2 Å². The molecule has 0 bridgehead atoms. The number of aromatic nitrogens is 4. The maximum Gasteiger partial charge on any atom is 0.257 e. The molecular weight excluding hydrogens is 346 g/mol. The van der Waals surface area contributed by atoms with Crippen molar-refractivity contribution in [3.8, 4) is 0 Å². The van der Waals surface area contributed by atoms with E-state index in [4.69, 9.17) is 9.26 Å². The minimum Gasteiger partial charge on any atom is -0.376 e. The minimum atomic E-state index is -0.0275. The fraction of sp³-hybridized carbons (Fsp3) is 0.368. The average molecular weight is 367 g/mol. The molecule has 27 heavy (non-hydrogen) atoms. The van der Waals surface area contributed by atoms with Crippen LogP contribution in [0.4, 0.5) is 0 Å². The molecule has 140 valence electrons. The number of benzene rings is 1. The van der Waals surface area contributed by atoms with E-state index in [9.17, 15) is 4.79 Å². The van der Waals surface area contributed by atoms with Crippen molar-refractivity contribution in [2.45, 2.75) is 25.4 Å². The highest BCUT2D eigenvalue weighted by Crippen LogP contribution is 2.27. The Morgan fingerprint density at radius 2 is 2.22 bits per heavy atom. The molecule has 1 fully saturated rings. The van der Waals surface area contributed by atoms with Gasteiger partial charge in [-0.1, -0.05) is 35.5 Å². The number of carbonyl (C=O) groups is 1. The molecule has 1 amide bonds. The highest BCUT2D eigenvalue weighted by atomic mass is 16.5. The molecule has 0 spiro atoms. The Morgan fingerprint density at radius 1 is 1.33 bits per heavy atom. The molecule has 1 saturated heterocycles. The first-order chi connectivity index (χ1) is 13.3. The van der Waals surface area contributed by atoms with Gasteiger partial charge in [0.1, 0.15) is 0 Å². The Bertz CT molecular complexity index is 863. The molecule has 2 aromatic heterocycles. The molecule has 3 heterocycles. The van der Waals surface area contributed by atoms with E-state index in [0.717, 1.165) is 12.0 Å². The van der Waals surface area contributed by atoms with E-state index in [-0.39, 0.29) is 11.8 Å². The second kappa shape index (κ2) is 8.13. The third-order valence-corrected chi connectivity index (χ3v) is 4.64. The van der Waals surface area contributed by atoms with Crippen LogP contribution in [0.3, 0.4) is 0 Å². The largest absolute Gasteiger partial charge is 0.376 e. The smallest absolute Gasteiger partial charge is 0.257 e. The zero-order chi connectivity index (χ0) is 18.5. The van der Waals surface area contributed by atoms with Gasteiger partial charge in [0.2, 0.25) is 5.89 Å². The van der Waals surface area contributed by atoms with Crippen molar-refractivity contribution in [3.63, 3.8) is 0 Å². The van der Waals surface area contributed by atoms with Crippen molar-refractivity contribution >= 4 is 5.91 Å². The lowest BCUT2D eigenvalue weighted by Gasteiger charge is -2.14. The third-order valence-electron chi connectivity index (χ3n) is 4.64. The quantitative estimate of drug-likeness (QED) is 0.643. The Kier molecular flexibility index (Phi) is 5.24. The van der Waals surface area contributed by atoms with Gasteiger partial charge in [0.15, 0.2) is 5.82 Å². The number of aromatic amines is 1. The van der Waals surface area contributed by atoms with Crippen LogP contribution in [0.5, 0.6) is 0 Å². The standard InChI is InChI=1S/C19H21N5O3/c25-19(16-10-20-21-11-16)24-8-6-15(12-24)18-22-17(23-27-18)7-9-26-13-14-4-2-1-3-5-14/h1-5,10-11,15H,6-9,12-13H2,(H,20,21). The first-order valence-corrected chi connectivity index (χ1v) is 9.02. The van der Waals surface area contributed by atoms with Crippen LogP contribution in [-0.4, -0.2) is 50.8 Å². The van der Waals surface area contributed by atoms with Crippen molar-refractivity contribution in [2.75, 3.05) is 19.7 Å². The number of hydrogen-bond acceptors (Lipinski definition) is 6. The van der Waals surface area contributed by atoms with Crippen LogP contribution < -0.4 is 0 Å². The molecule has 1 aliphatic rings. The molecule has 8 nitrogen and oxygen atoms in total. The van der Waals surface area contributed by atoms with Crippen LogP contribution in [0.25, 0.3) is 0 Å². The topological polar surface area (TPSA) is 97.1 Å². The summed E-state index contributed by atoms with van der Waals surface area (Å²) in [7, 11) is 0. The molecule has 8 heteroatoms. The SMILES string of the molecule is O=C(c1cn[nH]c1)N1CCC(c2nc(CCOCc3ccccc3)no2)C1. The zero-order valence-electron chi connectivity index (χ0n) is 14.9. The molecule has 1 atom stereocenters. The summed E-state index contributed by atoms with van der Waals surface area (Å²) in [6, 6.07) is 10.0. The molecule has 1 aromatic carbocycles. The van der Waals surface area contributed by atoms with Crippen molar-refractivity contribution in [3.05, 3.63) is 65.6 Å². The molecule has 1 aliphatic heterocycles. The summed E-state index contributed by atoms with van der Waals surface area (Å²) >= 11 is 0. The van der Waals surface area contributed by atoms with E-state index >= 15 is 0 Å². The van der Waals surface area contributed by atoms with Gasteiger partial charge in [-0.3, -0.25) is 9.89 Å². The maximum atomic E-state index is 12.4. The Labute approximate surface area is 156 Å². The second-order valence-corrected chi connectivity index (χ2v) is 6.56. The number of amides is 1. The van der Waals surface area contributed by atoms with Crippen molar-refractivity contribution in [1.82, 2.24) is 25.2 Å². The molecule has 0 saturated carbocycles. The molecule has 1 N–H and O–H groups in total. The average Bonchev–Trinajstić information content (AvgIpc) is 3.47. The molecule has 0 radical (unpaired) electrons. The summed E-state index contributed by atoms with van der Waals surface area (Å²) in [5.41, 5.74) is 1.71. The molecular formula is C19H21N5O3. The Morgan fingerprint density at radius 3 is 3.04 bits per heavy atom. The monoisotopic (exact) mass is 367 g/mol. The molecule has 0 aliphatic carbocycles. The summed E-state index contributed by atoms with van der Waals surface area (Å²) in [4.78, 5) is 18.6. The Hall–Kier alpha value is -3.00. The van der Waals surface area contributed by atoms with E-state index in [1.54, 1.807) is 11.1 Å². The first-order valence-electron chi connectivity index (χ1n) is 9.02. The minimum absolute atomic E-state index is 0.0275. The van der Waals surface area contributed by atoms with Crippen LogP contribution in [0.15, 0.2) is 47.2 Å². The van der Waals surface area contributed by atoms with Gasteiger partial charge in [-0.15, -0.1) is 0 Å². The lowest BCUT2D eigenvalue weighted by Crippen LogP contribution is -2.28. The third kappa shape index (κ3) is 4.22. The fourth-order valence-corrected chi connectivity index (χ4v) is 3.16. The van der Waals surface area contributed by atoms with Gasteiger partial charge in [-0.25, -0.2) is 0 Å². The second-order valence-electron chi connectivity index (χ2n) is 6.56. The van der Waals surface area contributed by atoms with Crippen LogP contribution in [0.1, 0.15) is 40.0 Å². The maximum absolute atomic E-state index is 12.4. The van der Waals surface area contributed by atoms with E-state index in [2.05, 4.69) is 20.3 Å². The number of nitrogens with zero attached hydrogens (tertiary/aromatic N) is 4. The van der Waals surface area contributed by atoms with E-state index in [0.29, 0.717) is 50.0 Å². The normalized spacial score (nSPS) is 16.7. The van der Waals surface area contributed by atoms with Gasteiger partial charge in [-0.05, 0) is 12.0 Å². The number of hydrogen-bond donors (Lipinski definition) is 1. The molecule has 1 unspecified atom stereocenters. The lowest BCUT2D eigenvalue weighted by molar-refractivity contribution is 0.0789. The van der Waals surface area contributed by atoms with Gasteiger partial charge in [0.05, 0.1) is 30.9 Å². The van der Waals surface area contributed by atoms with Crippen molar-refractivity contribution in [1.29, 1.82) is 0 Å². The lowest BCUT2D eigenvalue weighted by atomic mass is 10.1. The number of H-pyrrole nitrogens is 1. The van der Waals surface area contributed by atoms with E-state index in [1.165, 1.54) is 6.20 Å². The summed E-state index contributed by atoms with van der Waals surface area (Å²) in [6.07, 6.45) is 4.56. The predicted molar refractivity (Wildman–Crippen MR) is 95.9 cm³/mol. The highest BCUT2D eigenvalue weighted by Gasteiger charge is 2.31. The Balaban J connectivity index is 1.25. The van der Waals surface area contributed by atoms with Gasteiger partial charge >= 0.3 is 0 Å². The fourth-order valence-electron chi connectivity index (χ4n) is 3.16. The van der Waals surface area contributed by atoms with E-state index in [1.807, 2.05) is 30.3 Å².